The molecule has 3 aromatic rings. The van der Waals surface area contributed by atoms with Crippen molar-refractivity contribution >= 4 is 11.6 Å². The smallest absolute Gasteiger partial charge is 0.259 e. The van der Waals surface area contributed by atoms with E-state index in [1.165, 1.54) is 16.9 Å². The van der Waals surface area contributed by atoms with E-state index in [9.17, 15) is 9.18 Å². The first kappa shape index (κ1) is 16.9. The molecule has 2 aromatic carbocycles. The molecule has 0 saturated carbocycles. The van der Waals surface area contributed by atoms with E-state index < -0.39 is 0 Å². The SMILES string of the molecule is CCc1cccc(C)c1NC(=O)c1cnn(-c2ccccc2F)c1C. The summed E-state index contributed by atoms with van der Waals surface area (Å²) in [4.78, 5) is 12.7. The third-order valence-corrected chi connectivity index (χ3v) is 4.31. The van der Waals surface area contributed by atoms with Crippen LogP contribution in [0.25, 0.3) is 5.69 Å². The van der Waals surface area contributed by atoms with E-state index in [1.807, 2.05) is 32.0 Å². The van der Waals surface area contributed by atoms with Gasteiger partial charge >= 0.3 is 0 Å². The number of nitrogens with one attached hydrogen (secondary N) is 1. The van der Waals surface area contributed by atoms with Crippen molar-refractivity contribution in [3.05, 3.63) is 76.9 Å². The first-order valence-electron chi connectivity index (χ1n) is 8.22. The van der Waals surface area contributed by atoms with E-state index in [2.05, 4.69) is 10.4 Å². The number of carbonyl (C=O) groups excluding carboxylic acids is 1. The van der Waals surface area contributed by atoms with Gasteiger partial charge in [0.1, 0.15) is 11.5 Å². The lowest BCUT2D eigenvalue weighted by Crippen LogP contribution is -2.15. The molecule has 0 aliphatic carbocycles. The van der Waals surface area contributed by atoms with Gasteiger partial charge in [-0.15, -0.1) is 0 Å². The van der Waals surface area contributed by atoms with Crippen LogP contribution in [-0.2, 0) is 6.42 Å². The zero-order valence-corrected chi connectivity index (χ0v) is 14.5. The van der Waals surface area contributed by atoms with Crippen LogP contribution in [0.2, 0.25) is 0 Å². The van der Waals surface area contributed by atoms with Gasteiger partial charge in [0.25, 0.3) is 5.91 Å². The molecule has 1 N–H and O–H groups in total. The van der Waals surface area contributed by atoms with E-state index in [0.29, 0.717) is 16.9 Å². The molecule has 0 unspecified atom stereocenters. The molecular weight excluding hydrogens is 317 g/mol. The summed E-state index contributed by atoms with van der Waals surface area (Å²) >= 11 is 0. The summed E-state index contributed by atoms with van der Waals surface area (Å²) in [5.74, 6) is -0.628. The zero-order valence-electron chi connectivity index (χ0n) is 14.5. The molecule has 0 bridgehead atoms. The number of hydrogen-bond donors (Lipinski definition) is 1. The van der Waals surface area contributed by atoms with Crippen molar-refractivity contribution in [3.63, 3.8) is 0 Å². The summed E-state index contributed by atoms with van der Waals surface area (Å²) < 4.78 is 15.5. The fraction of sp³-hybridized carbons (Fsp3) is 0.200. The summed E-state index contributed by atoms with van der Waals surface area (Å²) in [5, 5.41) is 7.17. The maximum Gasteiger partial charge on any atom is 0.259 e. The Kier molecular flexibility index (Phi) is 4.65. The largest absolute Gasteiger partial charge is 0.321 e. The Bertz CT molecular complexity index is 930. The Morgan fingerprint density at radius 1 is 1.16 bits per heavy atom. The molecule has 1 aromatic heterocycles. The molecule has 0 spiro atoms. The van der Waals surface area contributed by atoms with Crippen LogP contribution in [0.5, 0.6) is 0 Å². The highest BCUT2D eigenvalue weighted by atomic mass is 19.1. The number of carbonyl (C=O) groups is 1. The molecular formula is C20H20FN3O. The number of benzene rings is 2. The van der Waals surface area contributed by atoms with E-state index in [1.54, 1.807) is 25.1 Å². The molecule has 25 heavy (non-hydrogen) atoms. The zero-order chi connectivity index (χ0) is 18.0. The highest BCUT2D eigenvalue weighted by Gasteiger charge is 2.18. The van der Waals surface area contributed by atoms with Crippen LogP contribution < -0.4 is 5.32 Å². The Hall–Kier alpha value is -2.95. The van der Waals surface area contributed by atoms with Crippen molar-refractivity contribution in [3.8, 4) is 5.69 Å². The van der Waals surface area contributed by atoms with Gasteiger partial charge in [0.2, 0.25) is 0 Å². The average molecular weight is 337 g/mol. The first-order chi connectivity index (χ1) is 12.0. The predicted molar refractivity (Wildman–Crippen MR) is 96.8 cm³/mol. The normalized spacial score (nSPS) is 10.7. The minimum absolute atomic E-state index is 0.246. The van der Waals surface area contributed by atoms with Crippen LogP contribution in [0.4, 0.5) is 10.1 Å². The Morgan fingerprint density at radius 3 is 2.64 bits per heavy atom. The van der Waals surface area contributed by atoms with Gasteiger partial charge < -0.3 is 5.32 Å². The van der Waals surface area contributed by atoms with E-state index >= 15 is 0 Å². The van der Waals surface area contributed by atoms with Crippen molar-refractivity contribution in [2.75, 3.05) is 5.32 Å². The second kappa shape index (κ2) is 6.89. The second-order valence-electron chi connectivity index (χ2n) is 5.92. The quantitative estimate of drug-likeness (QED) is 0.765. The van der Waals surface area contributed by atoms with Crippen molar-refractivity contribution < 1.29 is 9.18 Å². The van der Waals surface area contributed by atoms with Crippen molar-refractivity contribution in [2.24, 2.45) is 0 Å². The average Bonchev–Trinajstić information content (AvgIpc) is 2.98. The molecule has 1 amide bonds. The predicted octanol–water partition coefficient (Wildman–Crippen LogP) is 4.44. The molecule has 1 heterocycles. The highest BCUT2D eigenvalue weighted by molar-refractivity contribution is 6.05. The van der Waals surface area contributed by atoms with E-state index in [0.717, 1.165) is 23.2 Å². The monoisotopic (exact) mass is 337 g/mol. The topological polar surface area (TPSA) is 46.9 Å². The second-order valence-corrected chi connectivity index (χ2v) is 5.92. The summed E-state index contributed by atoms with van der Waals surface area (Å²) in [6.45, 7) is 5.77. The molecule has 3 rings (SSSR count). The Morgan fingerprint density at radius 2 is 1.92 bits per heavy atom. The Balaban J connectivity index is 1.94. The van der Waals surface area contributed by atoms with Gasteiger partial charge in [-0.2, -0.15) is 5.10 Å². The number of nitrogens with zero attached hydrogens (tertiary/aromatic N) is 2. The summed E-state index contributed by atoms with van der Waals surface area (Å²) in [7, 11) is 0. The van der Waals surface area contributed by atoms with Gasteiger partial charge in [-0.25, -0.2) is 9.07 Å². The molecule has 0 aliphatic heterocycles. The number of hydrogen-bond acceptors (Lipinski definition) is 2. The van der Waals surface area contributed by atoms with Crippen LogP contribution in [0.15, 0.2) is 48.7 Å². The lowest BCUT2D eigenvalue weighted by Gasteiger charge is -2.13. The minimum atomic E-state index is -0.382. The van der Waals surface area contributed by atoms with Gasteiger partial charge in [-0.1, -0.05) is 37.3 Å². The van der Waals surface area contributed by atoms with Crippen LogP contribution in [-0.4, -0.2) is 15.7 Å². The maximum atomic E-state index is 14.0. The van der Waals surface area contributed by atoms with E-state index in [4.69, 9.17) is 0 Å². The number of aromatic nitrogens is 2. The third-order valence-electron chi connectivity index (χ3n) is 4.31. The molecule has 0 saturated heterocycles. The molecule has 0 fully saturated rings. The number of halogens is 1. The number of aryl methyl sites for hydroxylation is 2. The standard InChI is InChI=1S/C20H20FN3O/c1-4-15-9-7-8-13(2)19(15)23-20(25)16-12-22-24(14(16)3)18-11-6-5-10-17(18)21/h5-12H,4H2,1-3H3,(H,23,25). The van der Waals surface area contributed by atoms with Crippen LogP contribution >= 0.6 is 0 Å². The molecule has 0 aliphatic rings. The van der Waals surface area contributed by atoms with E-state index in [-0.39, 0.29) is 11.7 Å². The van der Waals surface area contributed by atoms with Gasteiger partial charge in [0.15, 0.2) is 0 Å². The molecule has 128 valence electrons. The van der Waals surface area contributed by atoms with Gasteiger partial charge in [-0.05, 0) is 43.5 Å². The molecule has 0 atom stereocenters. The Labute approximate surface area is 146 Å². The molecule has 0 radical (unpaired) electrons. The van der Waals surface area contributed by atoms with Crippen LogP contribution in [0.1, 0.15) is 34.1 Å². The number of amides is 1. The molecule has 4 nitrogen and oxygen atoms in total. The summed E-state index contributed by atoms with van der Waals surface area (Å²) in [6, 6.07) is 12.3. The minimum Gasteiger partial charge on any atom is -0.321 e. The third kappa shape index (κ3) is 3.18. The van der Waals surface area contributed by atoms with Gasteiger partial charge in [-0.3, -0.25) is 4.79 Å². The van der Waals surface area contributed by atoms with Crippen molar-refractivity contribution in [1.82, 2.24) is 9.78 Å². The van der Waals surface area contributed by atoms with Gasteiger partial charge in [0, 0.05) is 5.69 Å². The number of anilines is 1. The fourth-order valence-corrected chi connectivity index (χ4v) is 2.88. The van der Waals surface area contributed by atoms with Crippen LogP contribution in [0.3, 0.4) is 0 Å². The van der Waals surface area contributed by atoms with Crippen LogP contribution in [0, 0.1) is 19.7 Å². The lowest BCUT2D eigenvalue weighted by atomic mass is 10.1. The lowest BCUT2D eigenvalue weighted by molar-refractivity contribution is 0.102. The molecule has 5 heteroatoms. The summed E-state index contributed by atoms with van der Waals surface area (Å²) in [6.07, 6.45) is 2.30. The van der Waals surface area contributed by atoms with Crippen molar-refractivity contribution in [1.29, 1.82) is 0 Å². The first-order valence-corrected chi connectivity index (χ1v) is 8.22. The van der Waals surface area contributed by atoms with Crippen molar-refractivity contribution in [2.45, 2.75) is 27.2 Å². The fourth-order valence-electron chi connectivity index (χ4n) is 2.88. The summed E-state index contributed by atoms with van der Waals surface area (Å²) in [5.41, 5.74) is 4.25. The highest BCUT2D eigenvalue weighted by Crippen LogP contribution is 2.23. The van der Waals surface area contributed by atoms with Gasteiger partial charge in [0.05, 0.1) is 17.5 Å². The number of rotatable bonds is 4. The maximum absolute atomic E-state index is 14.0. The number of para-hydroxylation sites is 2.